The average Bonchev–Trinajstić information content (AvgIpc) is 3.46. The number of hydrogen-bond donors (Lipinski definition) is 1. The summed E-state index contributed by atoms with van der Waals surface area (Å²) in [6.07, 6.45) is 6.71. The monoisotopic (exact) mass is 339 g/mol. The van der Waals surface area contributed by atoms with Crippen molar-refractivity contribution in [2.75, 3.05) is 5.32 Å². The van der Waals surface area contributed by atoms with Crippen LogP contribution in [0.1, 0.15) is 29.9 Å². The zero-order valence-corrected chi connectivity index (χ0v) is 14.6. The van der Waals surface area contributed by atoms with Gasteiger partial charge in [-0.2, -0.15) is 0 Å². The summed E-state index contributed by atoms with van der Waals surface area (Å²) < 4.78 is 2.19. The van der Waals surface area contributed by atoms with Crippen molar-refractivity contribution in [2.24, 2.45) is 0 Å². The van der Waals surface area contributed by atoms with Crippen LogP contribution in [0.2, 0.25) is 0 Å². The van der Waals surface area contributed by atoms with E-state index >= 15 is 0 Å². The summed E-state index contributed by atoms with van der Waals surface area (Å²) in [6.45, 7) is 0.840. The van der Waals surface area contributed by atoms with Crippen molar-refractivity contribution in [1.82, 2.24) is 9.55 Å². The van der Waals surface area contributed by atoms with Gasteiger partial charge in [-0.3, -0.25) is 0 Å². The molecule has 3 heteroatoms. The molecular formula is C23H21N3. The maximum absolute atomic E-state index is 4.69. The van der Waals surface area contributed by atoms with Crippen LogP contribution in [0.5, 0.6) is 0 Å². The summed E-state index contributed by atoms with van der Waals surface area (Å²) in [5.41, 5.74) is 5.89. The topological polar surface area (TPSA) is 29.9 Å². The van der Waals surface area contributed by atoms with Crippen LogP contribution in [0.15, 0.2) is 79.1 Å². The first-order chi connectivity index (χ1) is 12.8. The molecule has 0 saturated heterocycles. The quantitative estimate of drug-likeness (QED) is 0.505. The van der Waals surface area contributed by atoms with Crippen molar-refractivity contribution < 1.29 is 0 Å². The molecule has 4 aromatic rings. The number of anilines is 2. The van der Waals surface area contributed by atoms with Gasteiger partial charge in [0.1, 0.15) is 5.65 Å². The van der Waals surface area contributed by atoms with Gasteiger partial charge >= 0.3 is 0 Å². The summed E-state index contributed by atoms with van der Waals surface area (Å²) >= 11 is 0. The van der Waals surface area contributed by atoms with E-state index in [0.717, 1.165) is 34.9 Å². The van der Waals surface area contributed by atoms with Gasteiger partial charge in [-0.25, -0.2) is 4.98 Å². The first kappa shape index (κ1) is 15.2. The molecule has 0 aliphatic heterocycles. The number of aromatic nitrogens is 2. The van der Waals surface area contributed by atoms with E-state index in [9.17, 15) is 0 Å². The van der Waals surface area contributed by atoms with Crippen LogP contribution in [0, 0.1) is 0 Å². The van der Waals surface area contributed by atoms with Crippen LogP contribution in [0.4, 0.5) is 11.4 Å². The molecule has 0 spiro atoms. The van der Waals surface area contributed by atoms with Crippen LogP contribution in [-0.2, 0) is 6.54 Å². The molecule has 1 fully saturated rings. The summed E-state index contributed by atoms with van der Waals surface area (Å²) in [6, 6.07) is 23.6. The summed E-state index contributed by atoms with van der Waals surface area (Å²) in [4.78, 5) is 4.69. The van der Waals surface area contributed by atoms with Crippen LogP contribution in [0.3, 0.4) is 0 Å². The van der Waals surface area contributed by atoms with Crippen molar-refractivity contribution in [3.8, 4) is 0 Å². The van der Waals surface area contributed by atoms with E-state index in [1.807, 2.05) is 12.3 Å². The van der Waals surface area contributed by atoms with Crippen molar-refractivity contribution in [3.63, 3.8) is 0 Å². The van der Waals surface area contributed by atoms with Gasteiger partial charge in [0.05, 0.1) is 11.9 Å². The van der Waals surface area contributed by atoms with Crippen LogP contribution in [-0.4, -0.2) is 9.55 Å². The molecule has 0 radical (unpaired) electrons. The fraction of sp³-hybridized carbons (Fsp3) is 0.174. The summed E-state index contributed by atoms with van der Waals surface area (Å²) in [7, 11) is 0. The van der Waals surface area contributed by atoms with E-state index in [2.05, 4.69) is 81.7 Å². The van der Waals surface area contributed by atoms with E-state index in [0.29, 0.717) is 0 Å². The molecule has 5 rings (SSSR count). The molecule has 3 nitrogen and oxygen atoms in total. The third-order valence-corrected chi connectivity index (χ3v) is 5.05. The zero-order valence-electron chi connectivity index (χ0n) is 14.6. The predicted molar refractivity (Wildman–Crippen MR) is 107 cm³/mol. The van der Waals surface area contributed by atoms with Gasteiger partial charge in [0, 0.05) is 23.8 Å². The lowest BCUT2D eigenvalue weighted by atomic mass is 10.1. The number of benzene rings is 2. The van der Waals surface area contributed by atoms with E-state index in [1.54, 1.807) is 0 Å². The first-order valence-corrected chi connectivity index (χ1v) is 9.21. The molecule has 0 atom stereocenters. The lowest BCUT2D eigenvalue weighted by Crippen LogP contribution is -1.99. The van der Waals surface area contributed by atoms with Gasteiger partial charge in [-0.05, 0) is 54.2 Å². The molecule has 1 aliphatic rings. The van der Waals surface area contributed by atoms with Crippen LogP contribution >= 0.6 is 0 Å². The predicted octanol–water partition coefficient (Wildman–Crippen LogP) is 5.71. The fourth-order valence-corrected chi connectivity index (χ4v) is 3.48. The second-order valence-corrected chi connectivity index (χ2v) is 7.09. The number of hydrogen-bond acceptors (Lipinski definition) is 2. The Hall–Kier alpha value is -3.07. The highest BCUT2D eigenvalue weighted by molar-refractivity contribution is 5.81. The maximum Gasteiger partial charge on any atom is 0.140 e. The maximum atomic E-state index is 4.69. The third-order valence-electron chi connectivity index (χ3n) is 5.05. The zero-order chi connectivity index (χ0) is 17.3. The second-order valence-electron chi connectivity index (χ2n) is 7.09. The standard InChI is InChI=1S/C23H21N3/c1-2-4-17(5-3-1)16-26-13-12-20-14-22(15-24-23(20)26)25-21-10-8-19(9-11-21)18-6-7-18/h1-5,8-15,18,25H,6-7,16H2. The largest absolute Gasteiger partial charge is 0.354 e. The molecule has 2 heterocycles. The Bertz CT molecular complexity index is 1030. The Kier molecular flexibility index (Phi) is 3.71. The van der Waals surface area contributed by atoms with Crippen molar-refractivity contribution >= 4 is 22.4 Å². The Balaban J connectivity index is 1.36. The SMILES string of the molecule is c1ccc(Cn2ccc3cc(Nc4ccc(C5CC5)cc4)cnc32)cc1. The Morgan fingerprint density at radius 3 is 2.50 bits per heavy atom. The molecule has 0 amide bonds. The van der Waals surface area contributed by atoms with E-state index in [1.165, 1.54) is 24.0 Å². The Labute approximate surface area is 153 Å². The van der Waals surface area contributed by atoms with Crippen LogP contribution < -0.4 is 5.32 Å². The highest BCUT2D eigenvalue weighted by Gasteiger charge is 2.22. The highest BCUT2D eigenvalue weighted by Crippen LogP contribution is 2.40. The molecule has 2 aromatic carbocycles. The fourth-order valence-electron chi connectivity index (χ4n) is 3.48. The van der Waals surface area contributed by atoms with Crippen molar-refractivity contribution in [2.45, 2.75) is 25.3 Å². The van der Waals surface area contributed by atoms with E-state index < -0.39 is 0 Å². The molecule has 128 valence electrons. The van der Waals surface area contributed by atoms with Gasteiger partial charge in [-0.15, -0.1) is 0 Å². The van der Waals surface area contributed by atoms with E-state index in [-0.39, 0.29) is 0 Å². The number of fused-ring (bicyclic) bond motifs is 1. The lowest BCUT2D eigenvalue weighted by Gasteiger charge is -2.08. The molecule has 0 bridgehead atoms. The minimum absolute atomic E-state index is 0.798. The minimum Gasteiger partial charge on any atom is -0.354 e. The molecule has 1 saturated carbocycles. The molecule has 26 heavy (non-hydrogen) atoms. The Morgan fingerprint density at radius 2 is 1.73 bits per heavy atom. The molecule has 1 aliphatic carbocycles. The highest BCUT2D eigenvalue weighted by atomic mass is 15.0. The first-order valence-electron chi connectivity index (χ1n) is 9.21. The Morgan fingerprint density at radius 1 is 0.923 bits per heavy atom. The smallest absolute Gasteiger partial charge is 0.140 e. The van der Waals surface area contributed by atoms with Gasteiger partial charge in [0.25, 0.3) is 0 Å². The summed E-state index contributed by atoms with van der Waals surface area (Å²) in [5.74, 6) is 0.798. The molecule has 1 N–H and O–H groups in total. The number of nitrogens with one attached hydrogen (secondary N) is 1. The minimum atomic E-state index is 0.798. The van der Waals surface area contributed by atoms with Crippen molar-refractivity contribution in [1.29, 1.82) is 0 Å². The summed E-state index contributed by atoms with van der Waals surface area (Å²) in [5, 5.41) is 4.62. The van der Waals surface area contributed by atoms with Crippen molar-refractivity contribution in [3.05, 3.63) is 90.3 Å². The normalized spacial score (nSPS) is 13.8. The van der Waals surface area contributed by atoms with Crippen LogP contribution in [0.25, 0.3) is 11.0 Å². The number of nitrogens with zero attached hydrogens (tertiary/aromatic N) is 2. The third kappa shape index (κ3) is 3.08. The molecule has 0 unspecified atom stereocenters. The van der Waals surface area contributed by atoms with E-state index in [4.69, 9.17) is 0 Å². The van der Waals surface area contributed by atoms with Gasteiger partial charge < -0.3 is 9.88 Å². The van der Waals surface area contributed by atoms with Gasteiger partial charge in [-0.1, -0.05) is 42.5 Å². The van der Waals surface area contributed by atoms with Gasteiger partial charge in [0.15, 0.2) is 0 Å². The average molecular weight is 339 g/mol. The number of pyridine rings is 1. The second kappa shape index (κ2) is 6.34. The molecular weight excluding hydrogens is 318 g/mol. The lowest BCUT2D eigenvalue weighted by molar-refractivity contribution is 0.825. The van der Waals surface area contributed by atoms with Gasteiger partial charge in [0.2, 0.25) is 0 Å². The molecule has 2 aromatic heterocycles. The number of rotatable bonds is 5.